The van der Waals surface area contributed by atoms with Gasteiger partial charge in [0.25, 0.3) is 0 Å². The molecule has 14 heavy (non-hydrogen) atoms. The molecule has 0 spiro atoms. The molecule has 1 aromatic rings. The molecule has 0 fully saturated rings. The molecule has 2 N–H and O–H groups in total. The summed E-state index contributed by atoms with van der Waals surface area (Å²) in [7, 11) is 0. The van der Waals surface area contributed by atoms with Gasteiger partial charge >= 0.3 is 5.97 Å². The van der Waals surface area contributed by atoms with Crippen LogP contribution in [0.25, 0.3) is 0 Å². The number of hydrogen-bond acceptors (Lipinski definition) is 2. The van der Waals surface area contributed by atoms with E-state index in [1.54, 1.807) is 0 Å². The van der Waals surface area contributed by atoms with Crippen molar-refractivity contribution in [3.63, 3.8) is 0 Å². The summed E-state index contributed by atoms with van der Waals surface area (Å²) in [6.45, 7) is 0. The third-order valence-electron chi connectivity index (χ3n) is 2.23. The fraction of sp³-hybridized carbons (Fsp3) is 0.222. The van der Waals surface area contributed by atoms with Crippen molar-refractivity contribution < 1.29 is 18.7 Å². The molecule has 2 rings (SSSR count). The summed E-state index contributed by atoms with van der Waals surface area (Å²) in [5.41, 5.74) is 0.0785. The van der Waals surface area contributed by atoms with Crippen molar-refractivity contribution in [2.45, 2.75) is 12.5 Å². The number of rotatable bonds is 1. The van der Waals surface area contributed by atoms with Crippen LogP contribution in [0.15, 0.2) is 12.1 Å². The van der Waals surface area contributed by atoms with Gasteiger partial charge in [-0.1, -0.05) is 0 Å². The van der Waals surface area contributed by atoms with E-state index in [1.165, 1.54) is 0 Å². The number of aliphatic carboxylic acids is 1. The summed E-state index contributed by atoms with van der Waals surface area (Å²) in [6, 6.07) is 1.04. The van der Waals surface area contributed by atoms with E-state index < -0.39 is 23.6 Å². The van der Waals surface area contributed by atoms with Gasteiger partial charge in [0.1, 0.15) is 17.7 Å². The quantitative estimate of drug-likeness (QED) is 0.718. The van der Waals surface area contributed by atoms with E-state index in [9.17, 15) is 13.6 Å². The number of halogens is 2. The Bertz CT molecular complexity index is 375. The maximum absolute atomic E-state index is 13.1. The summed E-state index contributed by atoms with van der Waals surface area (Å²) in [5, 5.41) is 11.1. The van der Waals surface area contributed by atoms with Gasteiger partial charge in [-0.05, 0) is 12.1 Å². The smallest absolute Gasteiger partial charge is 0.326 e. The number of carboxylic acid groups (broad SMARTS) is 1. The Kier molecular flexibility index (Phi) is 1.87. The first-order valence-electron chi connectivity index (χ1n) is 4.06. The molecule has 1 unspecified atom stereocenters. The standard InChI is InChI=1S/C9H7F2NO2/c10-5-1-2-6(11)8-4(5)3-7(12-8)9(13)14/h1-2,7,12H,3H2,(H,13,14). The highest BCUT2D eigenvalue weighted by molar-refractivity contribution is 5.81. The van der Waals surface area contributed by atoms with Gasteiger partial charge < -0.3 is 10.4 Å². The SMILES string of the molecule is O=C(O)C1Cc2c(F)ccc(F)c2N1. The molecule has 0 aromatic heterocycles. The molecular weight excluding hydrogens is 192 g/mol. The summed E-state index contributed by atoms with van der Waals surface area (Å²) in [5.74, 6) is -2.30. The van der Waals surface area contributed by atoms with E-state index in [1.807, 2.05) is 0 Å². The fourth-order valence-electron chi connectivity index (χ4n) is 1.53. The minimum Gasteiger partial charge on any atom is -0.480 e. The molecule has 1 aliphatic rings. The zero-order chi connectivity index (χ0) is 10.3. The van der Waals surface area contributed by atoms with E-state index in [4.69, 9.17) is 5.11 Å². The van der Waals surface area contributed by atoms with Gasteiger partial charge in [0.15, 0.2) is 0 Å². The average Bonchev–Trinajstić information content (AvgIpc) is 2.57. The zero-order valence-corrected chi connectivity index (χ0v) is 7.05. The molecule has 1 atom stereocenters. The fourth-order valence-corrected chi connectivity index (χ4v) is 1.53. The number of benzene rings is 1. The number of hydrogen-bond donors (Lipinski definition) is 2. The Hall–Kier alpha value is -1.65. The molecule has 0 bridgehead atoms. The summed E-state index contributed by atoms with van der Waals surface area (Å²) in [4.78, 5) is 10.6. The number of carbonyl (C=O) groups is 1. The Balaban J connectivity index is 2.43. The zero-order valence-electron chi connectivity index (χ0n) is 7.05. The molecule has 0 amide bonds. The first kappa shape index (κ1) is 8.93. The number of nitrogens with one attached hydrogen (secondary N) is 1. The molecule has 0 radical (unpaired) electrons. The summed E-state index contributed by atoms with van der Waals surface area (Å²) in [6.07, 6.45) is -0.0196. The third-order valence-corrected chi connectivity index (χ3v) is 2.23. The van der Waals surface area contributed by atoms with Crippen molar-refractivity contribution in [3.8, 4) is 0 Å². The molecule has 0 saturated heterocycles. The van der Waals surface area contributed by atoms with Crippen LogP contribution >= 0.6 is 0 Å². The van der Waals surface area contributed by atoms with Crippen LogP contribution in [0.5, 0.6) is 0 Å². The molecule has 0 aliphatic carbocycles. The van der Waals surface area contributed by atoms with Crippen LogP contribution < -0.4 is 5.32 Å². The lowest BCUT2D eigenvalue weighted by Crippen LogP contribution is -2.26. The molecule has 5 heteroatoms. The van der Waals surface area contributed by atoms with Crippen molar-refractivity contribution in [1.29, 1.82) is 0 Å². The molecule has 1 aliphatic heterocycles. The van der Waals surface area contributed by atoms with E-state index in [0.717, 1.165) is 12.1 Å². The summed E-state index contributed by atoms with van der Waals surface area (Å²) < 4.78 is 26.2. The van der Waals surface area contributed by atoms with Crippen LogP contribution in [0.1, 0.15) is 5.56 Å². The van der Waals surface area contributed by atoms with E-state index in [-0.39, 0.29) is 17.7 Å². The van der Waals surface area contributed by atoms with Crippen molar-refractivity contribution in [3.05, 3.63) is 29.3 Å². The maximum atomic E-state index is 13.1. The Morgan fingerprint density at radius 2 is 2.07 bits per heavy atom. The molecule has 1 aromatic carbocycles. The second-order valence-corrected chi connectivity index (χ2v) is 3.12. The van der Waals surface area contributed by atoms with E-state index in [2.05, 4.69) is 5.32 Å². The maximum Gasteiger partial charge on any atom is 0.326 e. The molecular formula is C9H7F2NO2. The number of anilines is 1. The minimum atomic E-state index is -1.11. The van der Waals surface area contributed by atoms with Gasteiger partial charge in [0, 0.05) is 12.0 Å². The lowest BCUT2D eigenvalue weighted by atomic mass is 10.1. The Morgan fingerprint density at radius 1 is 1.43 bits per heavy atom. The first-order valence-corrected chi connectivity index (χ1v) is 4.06. The van der Waals surface area contributed by atoms with Crippen LogP contribution in [0.2, 0.25) is 0 Å². The van der Waals surface area contributed by atoms with Gasteiger partial charge in [0.2, 0.25) is 0 Å². The highest BCUT2D eigenvalue weighted by atomic mass is 19.1. The number of fused-ring (bicyclic) bond motifs is 1. The average molecular weight is 199 g/mol. The first-order chi connectivity index (χ1) is 6.59. The van der Waals surface area contributed by atoms with Gasteiger partial charge in [-0.2, -0.15) is 0 Å². The van der Waals surface area contributed by atoms with Crippen LogP contribution in [-0.2, 0) is 11.2 Å². The topological polar surface area (TPSA) is 49.3 Å². The predicted octanol–water partition coefficient (Wildman–Crippen LogP) is 1.39. The summed E-state index contributed by atoms with van der Waals surface area (Å²) >= 11 is 0. The molecule has 0 saturated carbocycles. The van der Waals surface area contributed by atoms with E-state index >= 15 is 0 Å². The molecule has 74 valence electrons. The van der Waals surface area contributed by atoms with Gasteiger partial charge in [-0.25, -0.2) is 13.6 Å². The second kappa shape index (κ2) is 2.94. The van der Waals surface area contributed by atoms with Crippen LogP contribution in [0.3, 0.4) is 0 Å². The van der Waals surface area contributed by atoms with Crippen molar-refractivity contribution in [2.24, 2.45) is 0 Å². The van der Waals surface area contributed by atoms with Crippen molar-refractivity contribution in [2.75, 3.05) is 5.32 Å². The van der Waals surface area contributed by atoms with Crippen LogP contribution in [-0.4, -0.2) is 17.1 Å². The van der Waals surface area contributed by atoms with Crippen LogP contribution in [0.4, 0.5) is 14.5 Å². The highest BCUT2D eigenvalue weighted by Gasteiger charge is 2.30. The van der Waals surface area contributed by atoms with Crippen molar-refractivity contribution >= 4 is 11.7 Å². The minimum absolute atomic E-state index is 0.0196. The van der Waals surface area contributed by atoms with Crippen LogP contribution in [0, 0.1) is 11.6 Å². The second-order valence-electron chi connectivity index (χ2n) is 3.12. The highest BCUT2D eigenvalue weighted by Crippen LogP contribution is 2.30. The molecule has 3 nitrogen and oxygen atoms in total. The Morgan fingerprint density at radius 3 is 2.64 bits per heavy atom. The third kappa shape index (κ3) is 1.21. The Labute approximate surface area is 78.4 Å². The normalized spacial score (nSPS) is 18.9. The lowest BCUT2D eigenvalue weighted by Gasteiger charge is -2.04. The van der Waals surface area contributed by atoms with Gasteiger partial charge in [0.05, 0.1) is 5.69 Å². The monoisotopic (exact) mass is 199 g/mol. The lowest BCUT2D eigenvalue weighted by molar-refractivity contribution is -0.137. The van der Waals surface area contributed by atoms with Gasteiger partial charge in [-0.15, -0.1) is 0 Å². The number of carboxylic acids is 1. The predicted molar refractivity (Wildman–Crippen MR) is 45.1 cm³/mol. The van der Waals surface area contributed by atoms with Gasteiger partial charge in [-0.3, -0.25) is 0 Å². The van der Waals surface area contributed by atoms with Crippen molar-refractivity contribution in [1.82, 2.24) is 0 Å². The van der Waals surface area contributed by atoms with E-state index in [0.29, 0.717) is 0 Å². The largest absolute Gasteiger partial charge is 0.480 e. The molecule has 1 heterocycles.